The lowest BCUT2D eigenvalue weighted by molar-refractivity contribution is -0.357. The van der Waals surface area contributed by atoms with E-state index in [-0.39, 0.29) is 17.3 Å². The van der Waals surface area contributed by atoms with Gasteiger partial charge in [0.15, 0.2) is 5.78 Å². The second kappa shape index (κ2) is 8.39. The van der Waals surface area contributed by atoms with Crippen LogP contribution in [-0.4, -0.2) is 62.3 Å². The molecule has 0 aromatic heterocycles. The number of ketones is 1. The summed E-state index contributed by atoms with van der Waals surface area (Å²) in [7, 11) is 0. The summed E-state index contributed by atoms with van der Waals surface area (Å²) in [6.07, 6.45) is -2.66. The average Bonchev–Trinajstić information content (AvgIpc) is 2.61. The summed E-state index contributed by atoms with van der Waals surface area (Å²) < 4.78 is 5.26. The van der Waals surface area contributed by atoms with Crippen molar-refractivity contribution in [1.29, 1.82) is 0 Å². The molecule has 0 unspecified atom stereocenters. The Balaban J connectivity index is 2.18. The van der Waals surface area contributed by atoms with Crippen LogP contribution in [0.25, 0.3) is 6.08 Å². The molecule has 26 heavy (non-hydrogen) atoms. The smallest absolute Gasteiger partial charge is 0.222 e. The van der Waals surface area contributed by atoms with Crippen LogP contribution < -0.4 is 0 Å². The van der Waals surface area contributed by atoms with E-state index in [4.69, 9.17) is 4.74 Å². The van der Waals surface area contributed by atoms with Gasteiger partial charge in [-0.1, -0.05) is 44.2 Å². The van der Waals surface area contributed by atoms with Gasteiger partial charge in [-0.05, 0) is 17.6 Å². The number of carbonyl (C=O) groups excluding carboxylic acids is 1. The van der Waals surface area contributed by atoms with Crippen LogP contribution in [0.4, 0.5) is 0 Å². The third kappa shape index (κ3) is 4.37. The molecule has 1 aromatic carbocycles. The number of carbonyl (C=O) groups is 1. The lowest BCUT2D eigenvalue weighted by Gasteiger charge is -2.45. The first-order chi connectivity index (χ1) is 12.2. The molecule has 1 fully saturated rings. The van der Waals surface area contributed by atoms with E-state index in [9.17, 15) is 30.3 Å². The van der Waals surface area contributed by atoms with Gasteiger partial charge in [-0.3, -0.25) is 4.79 Å². The minimum absolute atomic E-state index is 0.0108. The van der Waals surface area contributed by atoms with Crippen molar-refractivity contribution in [3.8, 4) is 0 Å². The summed E-state index contributed by atoms with van der Waals surface area (Å²) in [6.45, 7) is 3.29. The van der Waals surface area contributed by atoms with E-state index in [1.807, 2.05) is 13.8 Å². The molecule has 2 rings (SSSR count). The fourth-order valence-electron chi connectivity index (χ4n) is 2.89. The first-order valence-corrected chi connectivity index (χ1v) is 8.55. The summed E-state index contributed by atoms with van der Waals surface area (Å²) in [6, 6.07) is 6.20. The van der Waals surface area contributed by atoms with Crippen LogP contribution in [0.2, 0.25) is 0 Å². The number of benzene rings is 1. The fraction of sp³-hybridized carbons (Fsp3) is 0.526. The Bertz CT molecular complexity index is 638. The molecule has 7 heteroatoms. The Morgan fingerprint density at radius 1 is 1.19 bits per heavy atom. The molecule has 144 valence electrons. The second-order valence-electron chi connectivity index (χ2n) is 6.98. The maximum Gasteiger partial charge on any atom is 0.222 e. The third-order valence-electron chi connectivity index (χ3n) is 4.36. The predicted octanol–water partition coefficient (Wildman–Crippen LogP) is -0.0661. The van der Waals surface area contributed by atoms with E-state index in [2.05, 4.69) is 0 Å². The molecule has 1 heterocycles. The van der Waals surface area contributed by atoms with Gasteiger partial charge in [0.05, 0.1) is 6.61 Å². The molecule has 1 saturated heterocycles. The number of hydrogen-bond donors (Lipinski definition) is 5. The van der Waals surface area contributed by atoms with Crippen LogP contribution in [0.3, 0.4) is 0 Å². The summed E-state index contributed by atoms with van der Waals surface area (Å²) >= 11 is 0. The van der Waals surface area contributed by atoms with Crippen LogP contribution in [0, 0.1) is 5.92 Å². The summed E-state index contributed by atoms with van der Waals surface area (Å²) in [5, 5.41) is 49.7. The third-order valence-corrected chi connectivity index (χ3v) is 4.36. The highest BCUT2D eigenvalue weighted by molar-refractivity contribution is 5.93. The van der Waals surface area contributed by atoms with Gasteiger partial charge in [0, 0.05) is 12.0 Å². The van der Waals surface area contributed by atoms with E-state index in [0.29, 0.717) is 12.0 Å². The molecule has 1 aliphatic heterocycles. The highest BCUT2D eigenvalue weighted by Gasteiger charge is 2.53. The molecule has 0 spiro atoms. The van der Waals surface area contributed by atoms with Gasteiger partial charge >= 0.3 is 0 Å². The van der Waals surface area contributed by atoms with Gasteiger partial charge in [-0.15, -0.1) is 0 Å². The maximum absolute atomic E-state index is 11.7. The molecule has 5 atom stereocenters. The number of hydrogen-bond acceptors (Lipinski definition) is 7. The lowest BCUT2D eigenvalue weighted by atomic mass is 9.88. The fourth-order valence-corrected chi connectivity index (χ4v) is 2.89. The summed E-state index contributed by atoms with van der Waals surface area (Å²) in [4.78, 5) is 11.7. The molecule has 7 nitrogen and oxygen atoms in total. The first-order valence-electron chi connectivity index (χ1n) is 8.55. The van der Waals surface area contributed by atoms with Crippen molar-refractivity contribution in [2.75, 3.05) is 6.61 Å². The minimum atomic E-state index is -2.28. The molecular formula is C19H26O7. The Morgan fingerprint density at radius 2 is 1.81 bits per heavy atom. The molecule has 0 radical (unpaired) electrons. The van der Waals surface area contributed by atoms with Gasteiger partial charge in [0.1, 0.15) is 24.4 Å². The van der Waals surface area contributed by atoms with Crippen molar-refractivity contribution in [1.82, 2.24) is 0 Å². The number of allylic oxidation sites excluding steroid dienone is 1. The number of aliphatic hydroxyl groups is 5. The van der Waals surface area contributed by atoms with Gasteiger partial charge < -0.3 is 30.3 Å². The van der Waals surface area contributed by atoms with Crippen molar-refractivity contribution in [2.45, 2.75) is 50.5 Å². The molecule has 0 bridgehead atoms. The largest absolute Gasteiger partial charge is 0.394 e. The molecule has 1 aromatic rings. The van der Waals surface area contributed by atoms with Crippen molar-refractivity contribution < 1.29 is 35.1 Å². The number of rotatable bonds is 6. The Kier molecular flexibility index (Phi) is 6.68. The Hall–Kier alpha value is -1.61. The van der Waals surface area contributed by atoms with Crippen LogP contribution in [0.15, 0.2) is 30.3 Å². The molecule has 0 amide bonds. The highest BCUT2D eigenvalue weighted by atomic mass is 16.7. The van der Waals surface area contributed by atoms with Crippen LogP contribution in [0.1, 0.15) is 31.4 Å². The number of aliphatic hydroxyl groups excluding tert-OH is 4. The van der Waals surface area contributed by atoms with Gasteiger partial charge in [0.25, 0.3) is 0 Å². The van der Waals surface area contributed by atoms with E-state index >= 15 is 0 Å². The molecule has 1 aliphatic rings. The Morgan fingerprint density at radius 3 is 2.35 bits per heavy atom. The molecule has 5 N–H and O–H groups in total. The van der Waals surface area contributed by atoms with E-state index < -0.39 is 36.8 Å². The second-order valence-corrected chi connectivity index (χ2v) is 6.98. The average molecular weight is 366 g/mol. The Labute approximate surface area is 152 Å². The maximum atomic E-state index is 11.7. The van der Waals surface area contributed by atoms with Gasteiger partial charge in [-0.2, -0.15) is 0 Å². The van der Waals surface area contributed by atoms with Crippen molar-refractivity contribution in [3.05, 3.63) is 41.5 Å². The van der Waals surface area contributed by atoms with Gasteiger partial charge in [-0.25, -0.2) is 0 Å². The molecule has 0 aliphatic carbocycles. The zero-order chi connectivity index (χ0) is 19.5. The predicted molar refractivity (Wildman–Crippen MR) is 93.8 cm³/mol. The standard InChI is InChI=1S/C19H26O7/c1-11(2)9-14(21)8-5-12-3-6-13(7-4-12)19(25)18(24)17(23)16(22)15(10-20)26-19/h3-8,11,15-18,20,22-25H,9-10H2,1-2H3/b8-5-/t15-,16-,17-,18-,19-/m1/s1. The van der Waals surface area contributed by atoms with Crippen molar-refractivity contribution in [2.24, 2.45) is 5.92 Å². The highest BCUT2D eigenvalue weighted by Crippen LogP contribution is 2.36. The van der Waals surface area contributed by atoms with Crippen LogP contribution in [0.5, 0.6) is 0 Å². The van der Waals surface area contributed by atoms with E-state index in [1.54, 1.807) is 18.2 Å². The lowest BCUT2D eigenvalue weighted by Crippen LogP contribution is -2.63. The van der Waals surface area contributed by atoms with Gasteiger partial charge in [0.2, 0.25) is 5.79 Å². The topological polar surface area (TPSA) is 127 Å². The summed E-state index contributed by atoms with van der Waals surface area (Å²) in [5.74, 6) is -1.99. The minimum Gasteiger partial charge on any atom is -0.394 e. The van der Waals surface area contributed by atoms with E-state index in [1.165, 1.54) is 18.2 Å². The van der Waals surface area contributed by atoms with Crippen LogP contribution >= 0.6 is 0 Å². The summed E-state index contributed by atoms with van der Waals surface area (Å²) in [5.41, 5.74) is 0.860. The van der Waals surface area contributed by atoms with E-state index in [0.717, 1.165) is 0 Å². The SMILES string of the molecule is CC(C)CC(=O)/C=C\c1ccc([C@@]2(O)O[C@H](CO)[C@@H](O)[C@@H](O)[C@H]2O)cc1. The van der Waals surface area contributed by atoms with Crippen LogP contribution in [-0.2, 0) is 15.3 Å². The van der Waals surface area contributed by atoms with Crippen molar-refractivity contribution in [3.63, 3.8) is 0 Å². The molecular weight excluding hydrogens is 340 g/mol. The zero-order valence-corrected chi connectivity index (χ0v) is 14.8. The quantitative estimate of drug-likeness (QED) is 0.446. The monoisotopic (exact) mass is 366 g/mol. The van der Waals surface area contributed by atoms with Crippen molar-refractivity contribution >= 4 is 11.9 Å². The number of ether oxygens (including phenoxy) is 1. The zero-order valence-electron chi connectivity index (χ0n) is 14.8. The first kappa shape index (κ1) is 20.7. The normalized spacial score (nSPS) is 32.3. The molecule has 0 saturated carbocycles.